The van der Waals surface area contributed by atoms with E-state index in [1.54, 1.807) is 0 Å². The van der Waals surface area contributed by atoms with E-state index in [2.05, 4.69) is 6.07 Å². The first kappa shape index (κ1) is 19.2. The molecule has 1 heterocycles. The molecule has 27 heavy (non-hydrogen) atoms. The van der Waals surface area contributed by atoms with Crippen molar-refractivity contribution in [3.63, 3.8) is 0 Å². The van der Waals surface area contributed by atoms with Crippen LogP contribution in [0.3, 0.4) is 0 Å². The van der Waals surface area contributed by atoms with Gasteiger partial charge in [-0.2, -0.15) is 0 Å². The van der Waals surface area contributed by atoms with Crippen molar-refractivity contribution in [1.82, 2.24) is 0 Å². The maximum absolute atomic E-state index is 14.1. The van der Waals surface area contributed by atoms with Gasteiger partial charge >= 0.3 is 0 Å². The van der Waals surface area contributed by atoms with Crippen molar-refractivity contribution in [3.8, 4) is 5.75 Å². The molecule has 3 aromatic rings. The summed E-state index contributed by atoms with van der Waals surface area (Å²) >= 11 is 0. The molecular formula is C22H22F3NO. The van der Waals surface area contributed by atoms with E-state index in [0.29, 0.717) is 18.2 Å². The molecule has 0 saturated heterocycles. The summed E-state index contributed by atoms with van der Waals surface area (Å²) in [7, 11) is 0. The molecule has 4 rings (SSSR count). The van der Waals surface area contributed by atoms with Crippen molar-refractivity contribution in [2.45, 2.75) is 39.3 Å². The van der Waals surface area contributed by atoms with Crippen LogP contribution in [0.2, 0.25) is 0 Å². The van der Waals surface area contributed by atoms with E-state index < -0.39 is 29.6 Å². The number of benzene rings is 3. The Labute approximate surface area is 156 Å². The van der Waals surface area contributed by atoms with Crippen molar-refractivity contribution in [1.29, 1.82) is 0 Å². The Morgan fingerprint density at radius 3 is 2.33 bits per heavy atom. The SMILES string of the molecule is CC.Cc1ccc2ccc3c(c2c1)CC(N)[C@@H](c1cc(F)c(F)cc1F)O3. The molecule has 5 heteroatoms. The predicted molar refractivity (Wildman–Crippen MR) is 101 cm³/mol. The van der Waals surface area contributed by atoms with Gasteiger partial charge in [0.25, 0.3) is 0 Å². The second-order valence-electron chi connectivity index (χ2n) is 6.46. The largest absolute Gasteiger partial charge is 0.484 e. The number of nitrogens with two attached hydrogens (primary N) is 1. The second-order valence-corrected chi connectivity index (χ2v) is 6.46. The Morgan fingerprint density at radius 2 is 1.59 bits per heavy atom. The number of hydrogen-bond donors (Lipinski definition) is 1. The van der Waals surface area contributed by atoms with Crippen LogP contribution in [0.5, 0.6) is 5.75 Å². The molecule has 0 spiro atoms. The van der Waals surface area contributed by atoms with Gasteiger partial charge in [0.15, 0.2) is 11.6 Å². The lowest BCUT2D eigenvalue weighted by Gasteiger charge is -2.32. The highest BCUT2D eigenvalue weighted by Gasteiger charge is 2.32. The molecule has 0 aromatic heterocycles. The number of fused-ring (bicyclic) bond motifs is 3. The molecule has 3 aromatic carbocycles. The van der Waals surface area contributed by atoms with Gasteiger partial charge in [0, 0.05) is 17.2 Å². The molecule has 142 valence electrons. The van der Waals surface area contributed by atoms with Crippen LogP contribution in [0, 0.1) is 24.4 Å². The molecule has 1 unspecified atom stereocenters. The summed E-state index contributed by atoms with van der Waals surface area (Å²) < 4.78 is 46.8. The van der Waals surface area contributed by atoms with Crippen molar-refractivity contribution < 1.29 is 17.9 Å². The molecule has 0 saturated carbocycles. The van der Waals surface area contributed by atoms with E-state index in [-0.39, 0.29) is 5.56 Å². The lowest BCUT2D eigenvalue weighted by Crippen LogP contribution is -2.38. The topological polar surface area (TPSA) is 35.2 Å². The average Bonchev–Trinajstić information content (AvgIpc) is 2.66. The highest BCUT2D eigenvalue weighted by atomic mass is 19.2. The first-order chi connectivity index (χ1) is 12.9. The standard InChI is InChI=1S/C20H16F3NO.C2H6/c1-10-2-3-11-4-5-19-13(12(11)6-10)8-18(24)20(25-19)14-7-16(22)17(23)9-15(14)21;1-2/h2-7,9,18,20H,8,24H2,1H3;1-2H3/t18?,20-;/m1./s1. The molecule has 0 aliphatic carbocycles. The molecule has 2 atom stereocenters. The number of aryl methyl sites for hydroxylation is 1. The van der Waals surface area contributed by atoms with Gasteiger partial charge in [0.2, 0.25) is 0 Å². The van der Waals surface area contributed by atoms with Gasteiger partial charge in [-0.3, -0.25) is 0 Å². The summed E-state index contributed by atoms with van der Waals surface area (Å²) in [5.74, 6) is -2.62. The molecule has 0 bridgehead atoms. The Hall–Kier alpha value is -2.53. The predicted octanol–water partition coefficient (Wildman–Crippen LogP) is 5.60. The Morgan fingerprint density at radius 1 is 0.926 bits per heavy atom. The summed E-state index contributed by atoms with van der Waals surface area (Å²) in [5, 5.41) is 2.11. The molecular weight excluding hydrogens is 351 g/mol. The minimum absolute atomic E-state index is 0.0682. The number of hydrogen-bond acceptors (Lipinski definition) is 2. The van der Waals surface area contributed by atoms with Gasteiger partial charge in [-0.1, -0.05) is 43.7 Å². The van der Waals surface area contributed by atoms with E-state index in [1.165, 1.54) is 0 Å². The fraction of sp³-hybridized carbons (Fsp3) is 0.273. The Kier molecular flexibility index (Phi) is 5.42. The smallest absolute Gasteiger partial charge is 0.161 e. The van der Waals surface area contributed by atoms with Gasteiger partial charge in [-0.15, -0.1) is 0 Å². The zero-order chi connectivity index (χ0) is 19.7. The quantitative estimate of drug-likeness (QED) is 0.564. The van der Waals surface area contributed by atoms with E-state index in [9.17, 15) is 13.2 Å². The van der Waals surface area contributed by atoms with E-state index in [4.69, 9.17) is 10.5 Å². The Balaban J connectivity index is 0.00000102. The molecule has 0 radical (unpaired) electrons. The minimum atomic E-state index is -1.23. The van der Waals surface area contributed by atoms with Crippen LogP contribution >= 0.6 is 0 Å². The number of ether oxygens (including phenoxy) is 1. The maximum Gasteiger partial charge on any atom is 0.161 e. The molecule has 0 amide bonds. The zero-order valence-corrected chi connectivity index (χ0v) is 15.5. The maximum atomic E-state index is 14.1. The third-order valence-corrected chi connectivity index (χ3v) is 4.67. The van der Waals surface area contributed by atoms with Crippen LogP contribution in [0.25, 0.3) is 10.8 Å². The van der Waals surface area contributed by atoms with Crippen molar-refractivity contribution in [3.05, 3.63) is 76.6 Å². The monoisotopic (exact) mass is 373 g/mol. The Bertz CT molecular complexity index is 987. The van der Waals surface area contributed by atoms with Crippen LogP contribution in [-0.2, 0) is 6.42 Å². The molecule has 2 N–H and O–H groups in total. The van der Waals surface area contributed by atoms with Gasteiger partial charge in [-0.25, -0.2) is 13.2 Å². The van der Waals surface area contributed by atoms with Gasteiger partial charge in [-0.05, 0) is 36.2 Å². The molecule has 2 nitrogen and oxygen atoms in total. The van der Waals surface area contributed by atoms with Crippen LogP contribution in [0.15, 0.2) is 42.5 Å². The lowest BCUT2D eigenvalue weighted by atomic mass is 9.89. The summed E-state index contributed by atoms with van der Waals surface area (Å²) in [6.07, 6.45) is -0.413. The summed E-state index contributed by atoms with van der Waals surface area (Å²) in [4.78, 5) is 0. The normalized spacial score (nSPS) is 18.3. The van der Waals surface area contributed by atoms with Crippen molar-refractivity contribution >= 4 is 10.8 Å². The fourth-order valence-electron chi connectivity index (χ4n) is 3.41. The second kappa shape index (κ2) is 7.61. The first-order valence-corrected chi connectivity index (χ1v) is 9.03. The van der Waals surface area contributed by atoms with E-state index in [0.717, 1.165) is 28.0 Å². The highest BCUT2D eigenvalue weighted by molar-refractivity contribution is 5.88. The van der Waals surface area contributed by atoms with E-state index >= 15 is 0 Å². The highest BCUT2D eigenvalue weighted by Crippen LogP contribution is 2.39. The summed E-state index contributed by atoms with van der Waals surface area (Å²) in [5.41, 5.74) is 8.20. The average molecular weight is 373 g/mol. The van der Waals surface area contributed by atoms with Crippen molar-refractivity contribution in [2.24, 2.45) is 5.73 Å². The van der Waals surface area contributed by atoms with Gasteiger partial charge in [0.05, 0.1) is 6.04 Å². The van der Waals surface area contributed by atoms with Crippen LogP contribution in [-0.4, -0.2) is 6.04 Å². The third kappa shape index (κ3) is 3.52. The van der Waals surface area contributed by atoms with Gasteiger partial charge in [0.1, 0.15) is 17.7 Å². The summed E-state index contributed by atoms with van der Waals surface area (Å²) in [6, 6.07) is 10.6. The third-order valence-electron chi connectivity index (χ3n) is 4.67. The number of rotatable bonds is 1. The van der Waals surface area contributed by atoms with E-state index in [1.807, 2.05) is 45.0 Å². The minimum Gasteiger partial charge on any atom is -0.484 e. The number of halogens is 3. The fourth-order valence-corrected chi connectivity index (χ4v) is 3.41. The first-order valence-electron chi connectivity index (χ1n) is 9.03. The van der Waals surface area contributed by atoms with Crippen LogP contribution < -0.4 is 10.5 Å². The lowest BCUT2D eigenvalue weighted by molar-refractivity contribution is 0.149. The van der Waals surface area contributed by atoms with Crippen LogP contribution in [0.4, 0.5) is 13.2 Å². The molecule has 1 aliphatic rings. The zero-order valence-electron chi connectivity index (χ0n) is 15.5. The summed E-state index contributed by atoms with van der Waals surface area (Å²) in [6.45, 7) is 6.00. The van der Waals surface area contributed by atoms with Gasteiger partial charge < -0.3 is 10.5 Å². The van der Waals surface area contributed by atoms with Crippen LogP contribution in [0.1, 0.15) is 36.6 Å². The van der Waals surface area contributed by atoms with Crippen molar-refractivity contribution in [2.75, 3.05) is 0 Å². The molecule has 0 fully saturated rings. The molecule has 1 aliphatic heterocycles.